The molecule has 1 unspecified atom stereocenters. The smallest absolute Gasteiger partial charge is 0.322 e. The van der Waals surface area contributed by atoms with E-state index in [4.69, 9.17) is 4.18 Å². The lowest BCUT2D eigenvalue weighted by molar-refractivity contribution is 0.187. The Morgan fingerprint density at radius 3 is 2.30 bits per heavy atom. The van der Waals surface area contributed by atoms with Crippen LogP contribution in [0.2, 0.25) is 0 Å². The number of carbonyl (C=O) groups excluding carboxylic acids is 1. The SMILES string of the molecule is CCC(C)N(Cc1cccc(OS(=O)(=O)CC)c1)C(=O)Nc1ccc(C(C)C)cc1. The van der Waals surface area contributed by atoms with Crippen molar-refractivity contribution in [2.45, 2.75) is 59.5 Å². The van der Waals surface area contributed by atoms with Gasteiger partial charge in [0, 0.05) is 18.3 Å². The molecule has 0 aliphatic heterocycles. The molecule has 6 nitrogen and oxygen atoms in total. The third-order valence-electron chi connectivity index (χ3n) is 5.04. The maximum atomic E-state index is 13.0. The van der Waals surface area contributed by atoms with Crippen LogP contribution in [0.1, 0.15) is 58.1 Å². The molecule has 2 aromatic rings. The van der Waals surface area contributed by atoms with E-state index in [1.165, 1.54) is 12.5 Å². The molecule has 0 spiro atoms. The molecule has 0 aliphatic rings. The summed E-state index contributed by atoms with van der Waals surface area (Å²) in [6, 6.07) is 14.5. The molecule has 0 aliphatic carbocycles. The van der Waals surface area contributed by atoms with Crippen molar-refractivity contribution in [1.82, 2.24) is 4.90 Å². The summed E-state index contributed by atoms with van der Waals surface area (Å²) in [7, 11) is -3.60. The molecular weight excluding hydrogens is 400 g/mol. The zero-order valence-electron chi connectivity index (χ0n) is 18.4. The molecule has 0 aromatic heterocycles. The highest BCUT2D eigenvalue weighted by molar-refractivity contribution is 7.87. The van der Waals surface area contributed by atoms with Gasteiger partial charge in [-0.05, 0) is 61.6 Å². The maximum Gasteiger partial charge on any atom is 0.322 e. The molecule has 0 fully saturated rings. The minimum absolute atomic E-state index is 0.00360. The van der Waals surface area contributed by atoms with Gasteiger partial charge < -0.3 is 14.4 Å². The number of hydrogen-bond acceptors (Lipinski definition) is 4. The highest BCUT2D eigenvalue weighted by Gasteiger charge is 2.20. The van der Waals surface area contributed by atoms with Crippen LogP contribution in [0.4, 0.5) is 10.5 Å². The first-order valence-corrected chi connectivity index (χ1v) is 11.9. The van der Waals surface area contributed by atoms with E-state index in [0.717, 1.165) is 17.7 Å². The zero-order chi connectivity index (χ0) is 22.3. The van der Waals surface area contributed by atoms with Gasteiger partial charge in [-0.2, -0.15) is 8.42 Å². The number of anilines is 1. The fraction of sp³-hybridized carbons (Fsp3) is 0.435. The van der Waals surface area contributed by atoms with E-state index in [9.17, 15) is 13.2 Å². The molecule has 164 valence electrons. The quantitative estimate of drug-likeness (QED) is 0.541. The number of carbonyl (C=O) groups is 1. The normalized spacial score (nSPS) is 12.5. The summed E-state index contributed by atoms with van der Waals surface area (Å²) in [6.07, 6.45) is 0.792. The highest BCUT2D eigenvalue weighted by Crippen LogP contribution is 2.21. The van der Waals surface area contributed by atoms with Gasteiger partial charge in [-0.25, -0.2) is 4.79 Å². The van der Waals surface area contributed by atoms with Crippen molar-refractivity contribution < 1.29 is 17.4 Å². The Balaban J connectivity index is 2.16. The second-order valence-corrected chi connectivity index (χ2v) is 9.53. The lowest BCUT2D eigenvalue weighted by Crippen LogP contribution is -2.40. The van der Waals surface area contributed by atoms with Gasteiger partial charge in [-0.15, -0.1) is 0 Å². The fourth-order valence-corrected chi connectivity index (χ4v) is 3.41. The molecule has 0 bridgehead atoms. The first-order chi connectivity index (χ1) is 14.1. The van der Waals surface area contributed by atoms with Crippen LogP contribution in [0.5, 0.6) is 5.75 Å². The molecule has 1 N–H and O–H groups in total. The number of nitrogens with one attached hydrogen (secondary N) is 1. The summed E-state index contributed by atoms with van der Waals surface area (Å²) < 4.78 is 28.6. The van der Waals surface area contributed by atoms with E-state index in [2.05, 4.69) is 19.2 Å². The van der Waals surface area contributed by atoms with E-state index in [1.54, 1.807) is 23.1 Å². The number of nitrogens with zero attached hydrogens (tertiary/aromatic N) is 1. The third-order valence-corrected chi connectivity index (χ3v) is 6.19. The number of benzene rings is 2. The van der Waals surface area contributed by atoms with Gasteiger partial charge in [-0.1, -0.05) is 45.0 Å². The van der Waals surface area contributed by atoms with Crippen LogP contribution in [0.3, 0.4) is 0 Å². The number of amides is 2. The van der Waals surface area contributed by atoms with Crippen molar-refractivity contribution >= 4 is 21.8 Å². The summed E-state index contributed by atoms with van der Waals surface area (Å²) in [5, 5.41) is 2.97. The van der Waals surface area contributed by atoms with E-state index in [1.807, 2.05) is 44.2 Å². The van der Waals surface area contributed by atoms with Gasteiger partial charge >= 0.3 is 16.1 Å². The third kappa shape index (κ3) is 6.76. The van der Waals surface area contributed by atoms with E-state index in [-0.39, 0.29) is 23.6 Å². The second-order valence-electron chi connectivity index (χ2n) is 7.67. The first-order valence-electron chi connectivity index (χ1n) is 10.3. The van der Waals surface area contributed by atoms with E-state index < -0.39 is 10.1 Å². The molecular formula is C23H32N2O4S. The molecule has 0 heterocycles. The average molecular weight is 433 g/mol. The van der Waals surface area contributed by atoms with Gasteiger partial charge in [0.15, 0.2) is 0 Å². The Hall–Kier alpha value is -2.54. The molecule has 0 saturated heterocycles. The van der Waals surface area contributed by atoms with Crippen LogP contribution in [0.25, 0.3) is 0 Å². The van der Waals surface area contributed by atoms with Gasteiger partial charge in [0.25, 0.3) is 0 Å². The molecule has 30 heavy (non-hydrogen) atoms. The Labute approximate surface area is 180 Å². The summed E-state index contributed by atoms with van der Waals surface area (Å²) in [6.45, 7) is 10.1. The summed E-state index contributed by atoms with van der Waals surface area (Å²) in [4.78, 5) is 14.7. The Morgan fingerprint density at radius 2 is 1.73 bits per heavy atom. The Morgan fingerprint density at radius 1 is 1.07 bits per heavy atom. The molecule has 0 radical (unpaired) electrons. The predicted octanol–water partition coefficient (Wildman–Crippen LogP) is 5.37. The fourth-order valence-electron chi connectivity index (χ4n) is 2.89. The Kier molecular flexibility index (Phi) is 8.29. The average Bonchev–Trinajstić information content (AvgIpc) is 2.71. The van der Waals surface area contributed by atoms with Crippen molar-refractivity contribution in [3.63, 3.8) is 0 Å². The predicted molar refractivity (Wildman–Crippen MR) is 121 cm³/mol. The van der Waals surface area contributed by atoms with Crippen LogP contribution in [0.15, 0.2) is 48.5 Å². The van der Waals surface area contributed by atoms with Crippen LogP contribution >= 0.6 is 0 Å². The molecule has 2 amide bonds. The minimum atomic E-state index is -3.60. The zero-order valence-corrected chi connectivity index (χ0v) is 19.2. The lowest BCUT2D eigenvalue weighted by atomic mass is 10.0. The molecule has 2 rings (SSSR count). The van der Waals surface area contributed by atoms with Crippen molar-refractivity contribution in [2.24, 2.45) is 0 Å². The number of urea groups is 1. The van der Waals surface area contributed by atoms with Gasteiger partial charge in [0.05, 0.1) is 5.75 Å². The minimum Gasteiger partial charge on any atom is -0.382 e. The molecule has 0 saturated carbocycles. The molecule has 1 atom stereocenters. The lowest BCUT2D eigenvalue weighted by Gasteiger charge is -2.29. The number of hydrogen-bond donors (Lipinski definition) is 1. The largest absolute Gasteiger partial charge is 0.382 e. The monoisotopic (exact) mass is 432 g/mol. The van der Waals surface area contributed by atoms with Crippen molar-refractivity contribution in [3.8, 4) is 5.75 Å². The van der Waals surface area contributed by atoms with E-state index in [0.29, 0.717) is 12.5 Å². The topological polar surface area (TPSA) is 75.7 Å². The second kappa shape index (κ2) is 10.5. The number of rotatable bonds is 9. The summed E-state index contributed by atoms with van der Waals surface area (Å²) >= 11 is 0. The van der Waals surface area contributed by atoms with Crippen LogP contribution in [-0.2, 0) is 16.7 Å². The van der Waals surface area contributed by atoms with Crippen LogP contribution < -0.4 is 9.50 Å². The van der Waals surface area contributed by atoms with Gasteiger partial charge in [0.1, 0.15) is 5.75 Å². The van der Waals surface area contributed by atoms with E-state index >= 15 is 0 Å². The van der Waals surface area contributed by atoms with Gasteiger partial charge in [-0.3, -0.25) is 0 Å². The highest BCUT2D eigenvalue weighted by atomic mass is 32.2. The molecule has 2 aromatic carbocycles. The molecule has 7 heteroatoms. The maximum absolute atomic E-state index is 13.0. The standard InChI is InChI=1S/C23H32N2O4S/c1-6-18(5)25(23(26)24-21-13-11-20(12-14-21)17(3)4)16-19-9-8-10-22(15-19)29-30(27,28)7-2/h8-15,17-18H,6-7,16H2,1-5H3,(H,24,26). The van der Waals surface area contributed by atoms with Crippen LogP contribution in [-0.4, -0.2) is 31.1 Å². The summed E-state index contributed by atoms with van der Waals surface area (Å²) in [5.74, 6) is 0.578. The summed E-state index contributed by atoms with van der Waals surface area (Å²) in [5.41, 5.74) is 2.75. The van der Waals surface area contributed by atoms with Crippen molar-refractivity contribution in [3.05, 3.63) is 59.7 Å². The first kappa shape index (κ1) is 23.7. The Bertz CT molecular complexity index is 940. The van der Waals surface area contributed by atoms with Crippen LogP contribution in [0, 0.1) is 0 Å². The van der Waals surface area contributed by atoms with Crippen molar-refractivity contribution in [1.29, 1.82) is 0 Å². The van der Waals surface area contributed by atoms with Crippen molar-refractivity contribution in [2.75, 3.05) is 11.1 Å². The van der Waals surface area contributed by atoms with Gasteiger partial charge in [0.2, 0.25) is 0 Å².